The van der Waals surface area contributed by atoms with Crippen LogP contribution in [0.1, 0.15) is 36.8 Å². The molecule has 30 heavy (non-hydrogen) atoms. The van der Waals surface area contributed by atoms with E-state index in [4.69, 9.17) is 4.74 Å². The van der Waals surface area contributed by atoms with Crippen molar-refractivity contribution in [1.82, 2.24) is 4.31 Å². The maximum absolute atomic E-state index is 13.8. The summed E-state index contributed by atoms with van der Waals surface area (Å²) in [4.78, 5) is 12.6. The van der Waals surface area contributed by atoms with Crippen LogP contribution in [0.25, 0.3) is 0 Å². The van der Waals surface area contributed by atoms with E-state index < -0.39 is 15.8 Å². The first-order valence-corrected chi connectivity index (χ1v) is 11.5. The molecule has 6 nitrogen and oxygen atoms in total. The van der Waals surface area contributed by atoms with Crippen molar-refractivity contribution in [3.8, 4) is 5.75 Å². The molecule has 0 atom stereocenters. The number of methoxy groups -OCH3 is 1. The standard InChI is InChI=1S/C22H27FN2O4S/c1-16-6-9-18(15-21(16)30(27,28)25-12-4-3-5-13-25)24-22(26)11-8-17-7-10-20(29-2)19(23)14-17/h6-7,9-10,14-15H,3-5,8,11-13H2,1-2H3,(H,24,26). The number of hydrogen-bond acceptors (Lipinski definition) is 4. The van der Waals surface area contributed by atoms with Gasteiger partial charge in [0, 0.05) is 25.2 Å². The van der Waals surface area contributed by atoms with E-state index in [9.17, 15) is 17.6 Å². The fourth-order valence-electron chi connectivity index (χ4n) is 3.55. The third kappa shape index (κ3) is 5.17. The van der Waals surface area contributed by atoms with Crippen LogP contribution in [0.5, 0.6) is 5.75 Å². The normalized spacial score (nSPS) is 15.0. The molecule has 1 aliphatic rings. The monoisotopic (exact) mass is 434 g/mol. The van der Waals surface area contributed by atoms with E-state index in [1.807, 2.05) is 0 Å². The predicted molar refractivity (Wildman–Crippen MR) is 114 cm³/mol. The quantitative estimate of drug-likeness (QED) is 0.717. The molecule has 1 aliphatic heterocycles. The Kier molecular flexibility index (Phi) is 7.10. The third-order valence-electron chi connectivity index (χ3n) is 5.26. The van der Waals surface area contributed by atoms with Crippen LogP contribution in [-0.4, -0.2) is 38.8 Å². The van der Waals surface area contributed by atoms with Crippen molar-refractivity contribution in [2.75, 3.05) is 25.5 Å². The molecule has 3 rings (SSSR count). The molecule has 0 bridgehead atoms. The van der Waals surface area contributed by atoms with Crippen LogP contribution < -0.4 is 10.1 Å². The van der Waals surface area contributed by atoms with Gasteiger partial charge >= 0.3 is 0 Å². The number of amides is 1. The summed E-state index contributed by atoms with van der Waals surface area (Å²) in [5.74, 6) is -0.580. The molecule has 2 aromatic carbocycles. The Labute approximate surface area is 177 Å². The van der Waals surface area contributed by atoms with Crippen LogP contribution in [0.4, 0.5) is 10.1 Å². The zero-order chi connectivity index (χ0) is 21.7. The second kappa shape index (κ2) is 9.57. The summed E-state index contributed by atoms with van der Waals surface area (Å²) in [5.41, 5.74) is 1.76. The smallest absolute Gasteiger partial charge is 0.243 e. The zero-order valence-corrected chi connectivity index (χ0v) is 18.1. The van der Waals surface area contributed by atoms with Crippen molar-refractivity contribution in [3.05, 3.63) is 53.3 Å². The van der Waals surface area contributed by atoms with Gasteiger partial charge in [-0.05, 0) is 61.6 Å². The van der Waals surface area contributed by atoms with Gasteiger partial charge in [-0.25, -0.2) is 12.8 Å². The molecular weight excluding hydrogens is 407 g/mol. The molecule has 0 aromatic heterocycles. The van der Waals surface area contributed by atoms with Crippen molar-refractivity contribution in [1.29, 1.82) is 0 Å². The van der Waals surface area contributed by atoms with Crippen LogP contribution in [0, 0.1) is 12.7 Å². The van der Waals surface area contributed by atoms with Crippen molar-refractivity contribution < 1.29 is 22.3 Å². The fourth-order valence-corrected chi connectivity index (χ4v) is 5.31. The second-order valence-corrected chi connectivity index (χ2v) is 9.37. The Balaban J connectivity index is 1.67. The molecule has 1 fully saturated rings. The lowest BCUT2D eigenvalue weighted by Crippen LogP contribution is -2.36. The van der Waals surface area contributed by atoms with Gasteiger partial charge in [0.25, 0.3) is 0 Å². The number of sulfonamides is 1. The number of carbonyl (C=O) groups is 1. The Hall–Kier alpha value is -2.45. The van der Waals surface area contributed by atoms with Gasteiger partial charge in [0.05, 0.1) is 12.0 Å². The number of aryl methyl sites for hydroxylation is 2. The lowest BCUT2D eigenvalue weighted by atomic mass is 10.1. The molecule has 0 unspecified atom stereocenters. The van der Waals surface area contributed by atoms with Crippen molar-refractivity contribution in [2.24, 2.45) is 0 Å². The van der Waals surface area contributed by atoms with E-state index in [1.54, 1.807) is 25.1 Å². The van der Waals surface area contributed by atoms with Crippen LogP contribution in [-0.2, 0) is 21.2 Å². The molecule has 2 aromatic rings. The number of halogens is 1. The van der Waals surface area contributed by atoms with Gasteiger partial charge < -0.3 is 10.1 Å². The van der Waals surface area contributed by atoms with E-state index >= 15 is 0 Å². The number of anilines is 1. The Morgan fingerprint density at radius 2 is 1.87 bits per heavy atom. The van der Waals surface area contributed by atoms with Gasteiger partial charge in [0.2, 0.25) is 15.9 Å². The van der Waals surface area contributed by atoms with Crippen LogP contribution in [0.15, 0.2) is 41.3 Å². The van der Waals surface area contributed by atoms with E-state index in [1.165, 1.54) is 29.6 Å². The summed E-state index contributed by atoms with van der Waals surface area (Å²) in [5, 5.41) is 2.75. The van der Waals surface area contributed by atoms with E-state index in [0.29, 0.717) is 36.3 Å². The maximum atomic E-state index is 13.8. The highest BCUT2D eigenvalue weighted by molar-refractivity contribution is 7.89. The molecule has 162 valence electrons. The average molecular weight is 435 g/mol. The molecule has 0 radical (unpaired) electrons. The lowest BCUT2D eigenvalue weighted by molar-refractivity contribution is -0.116. The van der Waals surface area contributed by atoms with Crippen LogP contribution in [0.3, 0.4) is 0 Å². The minimum Gasteiger partial charge on any atom is -0.494 e. The number of piperidine rings is 1. The third-order valence-corrected chi connectivity index (χ3v) is 7.30. The number of carbonyl (C=O) groups excluding carboxylic acids is 1. The Morgan fingerprint density at radius 3 is 2.53 bits per heavy atom. The number of nitrogens with one attached hydrogen (secondary N) is 1. The van der Waals surface area contributed by atoms with Gasteiger partial charge in [-0.1, -0.05) is 18.6 Å². The van der Waals surface area contributed by atoms with E-state index in [-0.39, 0.29) is 23.0 Å². The molecule has 1 amide bonds. The first-order valence-electron chi connectivity index (χ1n) is 10.0. The number of rotatable bonds is 7. The zero-order valence-electron chi connectivity index (χ0n) is 17.3. The summed E-state index contributed by atoms with van der Waals surface area (Å²) in [6.07, 6.45) is 3.27. The van der Waals surface area contributed by atoms with Gasteiger partial charge in [0.1, 0.15) is 0 Å². The molecule has 8 heteroatoms. The summed E-state index contributed by atoms with van der Waals surface area (Å²) in [7, 11) is -2.19. The van der Waals surface area contributed by atoms with Crippen LogP contribution in [0.2, 0.25) is 0 Å². The Morgan fingerprint density at radius 1 is 1.13 bits per heavy atom. The van der Waals surface area contributed by atoms with Crippen LogP contribution >= 0.6 is 0 Å². The molecule has 1 N–H and O–H groups in total. The van der Waals surface area contributed by atoms with Crippen molar-refractivity contribution >= 4 is 21.6 Å². The molecular formula is C22H27FN2O4S. The molecule has 0 spiro atoms. The number of ether oxygens (including phenoxy) is 1. The lowest BCUT2D eigenvalue weighted by Gasteiger charge is -2.26. The van der Waals surface area contributed by atoms with Gasteiger partial charge in [0.15, 0.2) is 11.6 Å². The highest BCUT2D eigenvalue weighted by Crippen LogP contribution is 2.26. The minimum atomic E-state index is -3.59. The Bertz CT molecular complexity index is 1020. The second-order valence-electron chi connectivity index (χ2n) is 7.46. The minimum absolute atomic E-state index is 0.147. The average Bonchev–Trinajstić information content (AvgIpc) is 2.74. The van der Waals surface area contributed by atoms with Crippen molar-refractivity contribution in [3.63, 3.8) is 0 Å². The highest BCUT2D eigenvalue weighted by atomic mass is 32.2. The summed E-state index contributed by atoms with van der Waals surface area (Å²) >= 11 is 0. The highest BCUT2D eigenvalue weighted by Gasteiger charge is 2.27. The van der Waals surface area contributed by atoms with E-state index in [2.05, 4.69) is 5.32 Å². The molecule has 1 heterocycles. The summed E-state index contributed by atoms with van der Waals surface area (Å²) < 4.78 is 46.2. The molecule has 1 saturated heterocycles. The first kappa shape index (κ1) is 22.2. The maximum Gasteiger partial charge on any atom is 0.243 e. The topological polar surface area (TPSA) is 75.7 Å². The summed E-state index contributed by atoms with van der Waals surface area (Å²) in [6.45, 7) is 2.80. The van der Waals surface area contributed by atoms with E-state index in [0.717, 1.165) is 19.3 Å². The predicted octanol–water partition coefficient (Wildman–Crippen LogP) is 3.89. The largest absolute Gasteiger partial charge is 0.494 e. The number of benzene rings is 2. The van der Waals surface area contributed by atoms with Gasteiger partial charge in [-0.15, -0.1) is 0 Å². The summed E-state index contributed by atoms with van der Waals surface area (Å²) in [6, 6.07) is 9.50. The number of hydrogen-bond donors (Lipinski definition) is 1. The van der Waals surface area contributed by atoms with Crippen molar-refractivity contribution in [2.45, 2.75) is 43.9 Å². The fraction of sp³-hybridized carbons (Fsp3) is 0.409. The van der Waals surface area contributed by atoms with Gasteiger partial charge in [-0.2, -0.15) is 4.31 Å². The molecule has 0 aliphatic carbocycles. The molecule has 0 saturated carbocycles. The van der Waals surface area contributed by atoms with Gasteiger partial charge in [-0.3, -0.25) is 4.79 Å². The SMILES string of the molecule is COc1ccc(CCC(=O)Nc2ccc(C)c(S(=O)(=O)N3CCCCC3)c2)cc1F. The number of nitrogens with zero attached hydrogens (tertiary/aromatic N) is 1. The first-order chi connectivity index (χ1) is 14.3.